The van der Waals surface area contributed by atoms with E-state index in [-0.39, 0.29) is 6.10 Å². The van der Waals surface area contributed by atoms with Crippen molar-refractivity contribution in [2.45, 2.75) is 30.1 Å². The summed E-state index contributed by atoms with van der Waals surface area (Å²) in [6.45, 7) is 3.10. The van der Waals surface area contributed by atoms with E-state index in [9.17, 15) is 8.42 Å². The van der Waals surface area contributed by atoms with Crippen molar-refractivity contribution in [3.8, 4) is 0 Å². The molecule has 1 aliphatic heterocycles. The summed E-state index contributed by atoms with van der Waals surface area (Å²) < 4.78 is 31.7. The van der Waals surface area contributed by atoms with Crippen molar-refractivity contribution in [1.82, 2.24) is 4.31 Å². The van der Waals surface area contributed by atoms with Gasteiger partial charge in [-0.25, -0.2) is 8.42 Å². The van der Waals surface area contributed by atoms with Gasteiger partial charge in [-0.15, -0.1) is 11.3 Å². The number of ether oxygens (including phenoxy) is 1. The highest BCUT2D eigenvalue weighted by atomic mass is 32.2. The molecule has 1 saturated heterocycles. The number of thiophene rings is 1. The van der Waals surface area contributed by atoms with E-state index in [1.807, 2.05) is 13.0 Å². The van der Waals surface area contributed by atoms with Crippen molar-refractivity contribution in [2.24, 2.45) is 0 Å². The molecule has 0 radical (unpaired) electrons. The van der Waals surface area contributed by atoms with Crippen LogP contribution in [0.15, 0.2) is 16.3 Å². The first-order valence-corrected chi connectivity index (χ1v) is 7.90. The van der Waals surface area contributed by atoms with Crippen molar-refractivity contribution in [3.63, 3.8) is 0 Å². The van der Waals surface area contributed by atoms with Crippen molar-refractivity contribution in [2.75, 3.05) is 20.2 Å². The Morgan fingerprint density at radius 1 is 1.53 bits per heavy atom. The zero-order valence-electron chi connectivity index (χ0n) is 10.0. The number of likely N-dealkylation sites (N-methyl/N-ethyl adjacent to an activating group) is 1. The summed E-state index contributed by atoms with van der Waals surface area (Å²) in [4.78, 5) is 1.01. The van der Waals surface area contributed by atoms with Gasteiger partial charge in [-0.05, 0) is 31.9 Å². The minimum Gasteiger partial charge on any atom is -0.377 e. The lowest BCUT2D eigenvalue weighted by Gasteiger charge is -2.19. The SMILES string of the molecule is Cc1ccc(S(=O)(=O)N(C)CC2CCCO2)s1. The fourth-order valence-electron chi connectivity index (χ4n) is 1.88. The van der Waals surface area contributed by atoms with Gasteiger partial charge in [0.2, 0.25) is 0 Å². The second kappa shape index (κ2) is 5.06. The molecule has 17 heavy (non-hydrogen) atoms. The summed E-state index contributed by atoms with van der Waals surface area (Å²) in [5.41, 5.74) is 0. The van der Waals surface area contributed by atoms with Gasteiger partial charge in [0.25, 0.3) is 10.0 Å². The Hall–Kier alpha value is -0.430. The molecular formula is C11H17NO3S2. The quantitative estimate of drug-likeness (QED) is 0.842. The summed E-state index contributed by atoms with van der Waals surface area (Å²) in [5, 5.41) is 0. The van der Waals surface area contributed by atoms with Gasteiger partial charge >= 0.3 is 0 Å². The molecule has 0 amide bonds. The van der Waals surface area contributed by atoms with Crippen LogP contribution in [-0.4, -0.2) is 39.0 Å². The van der Waals surface area contributed by atoms with Gasteiger partial charge in [-0.3, -0.25) is 0 Å². The molecule has 1 fully saturated rings. The maximum atomic E-state index is 12.2. The Labute approximate surface area is 106 Å². The van der Waals surface area contributed by atoms with E-state index in [4.69, 9.17) is 4.74 Å². The van der Waals surface area contributed by atoms with Gasteiger partial charge < -0.3 is 4.74 Å². The molecule has 4 nitrogen and oxygen atoms in total. The van der Waals surface area contributed by atoms with Crippen LogP contribution in [-0.2, 0) is 14.8 Å². The fraction of sp³-hybridized carbons (Fsp3) is 0.636. The number of hydrogen-bond acceptors (Lipinski definition) is 4. The maximum absolute atomic E-state index is 12.2. The van der Waals surface area contributed by atoms with Crippen LogP contribution in [0, 0.1) is 6.92 Å². The van der Waals surface area contributed by atoms with Crippen LogP contribution >= 0.6 is 11.3 Å². The van der Waals surface area contributed by atoms with Crippen LogP contribution in [0.5, 0.6) is 0 Å². The van der Waals surface area contributed by atoms with E-state index in [0.29, 0.717) is 10.8 Å². The average molecular weight is 275 g/mol. The molecule has 1 aromatic rings. The minimum atomic E-state index is -3.33. The van der Waals surface area contributed by atoms with E-state index in [1.54, 1.807) is 13.1 Å². The average Bonchev–Trinajstić information content (AvgIpc) is 2.89. The van der Waals surface area contributed by atoms with Crippen LogP contribution in [0.1, 0.15) is 17.7 Å². The van der Waals surface area contributed by atoms with Crippen LogP contribution in [0.4, 0.5) is 0 Å². The molecule has 0 bridgehead atoms. The predicted molar refractivity (Wildman–Crippen MR) is 67.8 cm³/mol. The van der Waals surface area contributed by atoms with Crippen LogP contribution < -0.4 is 0 Å². The molecule has 0 aliphatic carbocycles. The van der Waals surface area contributed by atoms with Crippen molar-refractivity contribution in [1.29, 1.82) is 0 Å². The van der Waals surface area contributed by atoms with Gasteiger partial charge in [0.05, 0.1) is 6.10 Å². The lowest BCUT2D eigenvalue weighted by Crippen LogP contribution is -2.33. The van der Waals surface area contributed by atoms with E-state index >= 15 is 0 Å². The number of nitrogens with zero attached hydrogens (tertiary/aromatic N) is 1. The number of aryl methyl sites for hydroxylation is 1. The molecule has 6 heteroatoms. The van der Waals surface area contributed by atoms with Gasteiger partial charge in [0.15, 0.2) is 0 Å². The summed E-state index contributed by atoms with van der Waals surface area (Å²) in [6, 6.07) is 3.50. The zero-order chi connectivity index (χ0) is 12.5. The maximum Gasteiger partial charge on any atom is 0.252 e. The molecule has 1 aromatic heterocycles. The van der Waals surface area contributed by atoms with Gasteiger partial charge in [-0.2, -0.15) is 4.31 Å². The topological polar surface area (TPSA) is 46.6 Å². The van der Waals surface area contributed by atoms with Crippen LogP contribution in [0.25, 0.3) is 0 Å². The molecule has 1 unspecified atom stereocenters. The smallest absolute Gasteiger partial charge is 0.252 e. The monoisotopic (exact) mass is 275 g/mol. The normalized spacial score (nSPS) is 21.2. The van der Waals surface area contributed by atoms with Crippen LogP contribution in [0.3, 0.4) is 0 Å². The Bertz CT molecular complexity index is 475. The molecule has 2 rings (SSSR count). The second-order valence-electron chi connectivity index (χ2n) is 4.29. The third kappa shape index (κ3) is 2.88. The Morgan fingerprint density at radius 3 is 2.82 bits per heavy atom. The molecule has 96 valence electrons. The van der Waals surface area contributed by atoms with Gasteiger partial charge in [0, 0.05) is 25.1 Å². The number of hydrogen-bond donors (Lipinski definition) is 0. The van der Waals surface area contributed by atoms with Crippen molar-refractivity contribution >= 4 is 21.4 Å². The predicted octanol–water partition coefficient (Wildman–Crippen LogP) is 1.86. The lowest BCUT2D eigenvalue weighted by atomic mass is 10.2. The third-order valence-corrected chi connectivity index (χ3v) is 6.16. The second-order valence-corrected chi connectivity index (χ2v) is 7.85. The first-order chi connectivity index (χ1) is 8.00. The highest BCUT2D eigenvalue weighted by Crippen LogP contribution is 2.24. The summed E-state index contributed by atoms with van der Waals surface area (Å²) >= 11 is 1.31. The lowest BCUT2D eigenvalue weighted by molar-refractivity contribution is 0.0979. The van der Waals surface area contributed by atoms with E-state index in [1.165, 1.54) is 15.6 Å². The molecule has 2 heterocycles. The first kappa shape index (κ1) is 13.0. The third-order valence-electron chi connectivity index (χ3n) is 2.86. The largest absolute Gasteiger partial charge is 0.377 e. The fourth-order valence-corrected chi connectivity index (χ4v) is 4.57. The number of sulfonamides is 1. The molecule has 0 aromatic carbocycles. The van der Waals surface area contributed by atoms with E-state index in [0.717, 1.165) is 24.3 Å². The molecule has 0 spiro atoms. The Kier molecular flexibility index (Phi) is 3.87. The molecule has 1 atom stereocenters. The number of rotatable bonds is 4. The molecule has 1 aliphatic rings. The minimum absolute atomic E-state index is 0.0517. The molecule has 0 N–H and O–H groups in total. The van der Waals surface area contributed by atoms with Gasteiger partial charge in [0.1, 0.15) is 4.21 Å². The Morgan fingerprint density at radius 2 is 2.29 bits per heavy atom. The highest BCUT2D eigenvalue weighted by Gasteiger charge is 2.26. The highest BCUT2D eigenvalue weighted by molar-refractivity contribution is 7.91. The Balaban J connectivity index is 2.09. The summed E-state index contributed by atoms with van der Waals surface area (Å²) in [7, 11) is -1.72. The summed E-state index contributed by atoms with van der Waals surface area (Å²) in [6.07, 6.45) is 2.02. The van der Waals surface area contributed by atoms with Crippen molar-refractivity contribution < 1.29 is 13.2 Å². The molecular weight excluding hydrogens is 258 g/mol. The summed E-state index contributed by atoms with van der Waals surface area (Å²) in [5.74, 6) is 0. The molecule has 0 saturated carbocycles. The van der Waals surface area contributed by atoms with E-state index < -0.39 is 10.0 Å². The standard InChI is InChI=1S/C11H17NO3S2/c1-9-5-6-11(16-9)17(13,14)12(2)8-10-4-3-7-15-10/h5-6,10H,3-4,7-8H2,1-2H3. The van der Waals surface area contributed by atoms with Gasteiger partial charge in [-0.1, -0.05) is 0 Å². The van der Waals surface area contributed by atoms with Crippen molar-refractivity contribution in [3.05, 3.63) is 17.0 Å². The van der Waals surface area contributed by atoms with Crippen LogP contribution in [0.2, 0.25) is 0 Å². The first-order valence-electron chi connectivity index (χ1n) is 5.64. The van der Waals surface area contributed by atoms with E-state index in [2.05, 4.69) is 0 Å². The zero-order valence-corrected chi connectivity index (χ0v) is 11.7.